The highest BCUT2D eigenvalue weighted by Gasteiger charge is 2.16. The van der Waals surface area contributed by atoms with Crippen molar-refractivity contribution in [2.45, 2.75) is 18.4 Å². The summed E-state index contributed by atoms with van der Waals surface area (Å²) in [5.41, 5.74) is 2.27. The van der Waals surface area contributed by atoms with Crippen molar-refractivity contribution in [1.82, 2.24) is 10.2 Å². The lowest BCUT2D eigenvalue weighted by Gasteiger charge is -2.07. The standard InChI is InChI=1S/C11H13N3O3S2/c1-2-17-7-9-4-3-5-10(6-9)19(15,16)14-11-13-12-8-18-11/h3-6,8H,2,7H2,1H3,(H,13,14). The van der Waals surface area contributed by atoms with Gasteiger partial charge in [-0.3, -0.25) is 4.72 Å². The van der Waals surface area contributed by atoms with Gasteiger partial charge in [0.15, 0.2) is 0 Å². The molecule has 0 saturated heterocycles. The largest absolute Gasteiger partial charge is 0.377 e. The molecule has 2 rings (SSSR count). The fourth-order valence-electron chi connectivity index (χ4n) is 1.41. The van der Waals surface area contributed by atoms with Crippen molar-refractivity contribution in [2.24, 2.45) is 0 Å². The fourth-order valence-corrected chi connectivity index (χ4v) is 3.18. The van der Waals surface area contributed by atoms with Gasteiger partial charge in [0.25, 0.3) is 10.0 Å². The smallest absolute Gasteiger partial charge is 0.263 e. The Balaban J connectivity index is 2.20. The van der Waals surface area contributed by atoms with E-state index in [0.29, 0.717) is 13.2 Å². The number of nitrogens with one attached hydrogen (secondary N) is 1. The van der Waals surface area contributed by atoms with Gasteiger partial charge in [0, 0.05) is 6.61 Å². The van der Waals surface area contributed by atoms with Crippen molar-refractivity contribution in [1.29, 1.82) is 0 Å². The molecule has 0 atom stereocenters. The predicted octanol–water partition coefficient (Wildman–Crippen LogP) is 1.88. The molecule has 0 bridgehead atoms. The van der Waals surface area contributed by atoms with Crippen molar-refractivity contribution in [3.63, 3.8) is 0 Å². The Hall–Kier alpha value is -1.51. The monoisotopic (exact) mass is 299 g/mol. The van der Waals surface area contributed by atoms with Crippen molar-refractivity contribution in [3.05, 3.63) is 35.3 Å². The summed E-state index contributed by atoms with van der Waals surface area (Å²) in [5, 5.41) is 7.48. The number of nitrogens with zero attached hydrogens (tertiary/aromatic N) is 2. The Kier molecular flexibility index (Phi) is 4.46. The van der Waals surface area contributed by atoms with Gasteiger partial charge in [0.05, 0.1) is 11.5 Å². The van der Waals surface area contributed by atoms with Crippen molar-refractivity contribution < 1.29 is 13.2 Å². The second-order valence-corrected chi connectivity index (χ2v) is 6.15. The molecule has 0 aliphatic rings. The molecule has 8 heteroatoms. The van der Waals surface area contributed by atoms with Crippen LogP contribution in [0.25, 0.3) is 0 Å². The Labute approximate surface area is 115 Å². The number of sulfonamides is 1. The van der Waals surface area contributed by atoms with Gasteiger partial charge in [-0.15, -0.1) is 10.2 Å². The number of hydrogen-bond acceptors (Lipinski definition) is 6. The zero-order chi connectivity index (χ0) is 13.7. The van der Waals surface area contributed by atoms with Crippen molar-refractivity contribution in [3.8, 4) is 0 Å². The van der Waals surface area contributed by atoms with Gasteiger partial charge >= 0.3 is 0 Å². The molecule has 0 aliphatic heterocycles. The van der Waals surface area contributed by atoms with E-state index in [9.17, 15) is 8.42 Å². The third kappa shape index (κ3) is 3.72. The minimum absolute atomic E-state index is 0.180. The molecular formula is C11H13N3O3S2. The van der Waals surface area contributed by atoms with E-state index in [4.69, 9.17) is 4.74 Å². The lowest BCUT2D eigenvalue weighted by Crippen LogP contribution is -2.13. The second kappa shape index (κ2) is 6.09. The first-order chi connectivity index (χ1) is 9.12. The van der Waals surface area contributed by atoms with Crippen molar-refractivity contribution >= 4 is 26.5 Å². The molecule has 2 aromatic rings. The van der Waals surface area contributed by atoms with Crippen LogP contribution in [0.3, 0.4) is 0 Å². The minimum Gasteiger partial charge on any atom is -0.377 e. The average molecular weight is 299 g/mol. The van der Waals surface area contributed by atoms with E-state index in [0.717, 1.165) is 16.9 Å². The third-order valence-electron chi connectivity index (χ3n) is 2.26. The van der Waals surface area contributed by atoms with Crippen LogP contribution in [-0.4, -0.2) is 25.2 Å². The molecule has 19 heavy (non-hydrogen) atoms. The number of aromatic nitrogens is 2. The summed E-state index contributed by atoms with van der Waals surface area (Å²) in [6.07, 6.45) is 0. The number of anilines is 1. The molecule has 1 aromatic heterocycles. The van der Waals surface area contributed by atoms with E-state index in [2.05, 4.69) is 14.9 Å². The lowest BCUT2D eigenvalue weighted by atomic mass is 10.2. The van der Waals surface area contributed by atoms with E-state index in [1.54, 1.807) is 12.1 Å². The van der Waals surface area contributed by atoms with Crippen LogP contribution < -0.4 is 4.72 Å². The summed E-state index contributed by atoms with van der Waals surface area (Å²) < 4.78 is 31.9. The van der Waals surface area contributed by atoms with Gasteiger partial charge < -0.3 is 4.74 Å². The van der Waals surface area contributed by atoms with Crippen molar-refractivity contribution in [2.75, 3.05) is 11.3 Å². The first-order valence-electron chi connectivity index (χ1n) is 5.57. The number of hydrogen-bond donors (Lipinski definition) is 1. The quantitative estimate of drug-likeness (QED) is 0.880. The summed E-state index contributed by atoms with van der Waals surface area (Å²) in [5.74, 6) is 0. The van der Waals surface area contributed by atoms with Crippen LogP contribution in [0.1, 0.15) is 12.5 Å². The number of ether oxygens (including phenoxy) is 1. The maximum Gasteiger partial charge on any atom is 0.263 e. The maximum atomic E-state index is 12.1. The molecule has 0 unspecified atom stereocenters. The summed E-state index contributed by atoms with van der Waals surface area (Å²) >= 11 is 1.13. The van der Waals surface area contributed by atoms with Gasteiger partial charge in [-0.25, -0.2) is 8.42 Å². The van der Waals surface area contributed by atoms with Gasteiger partial charge in [-0.2, -0.15) is 0 Å². The van der Waals surface area contributed by atoms with Gasteiger partial charge in [-0.05, 0) is 24.6 Å². The fraction of sp³-hybridized carbons (Fsp3) is 0.273. The Morgan fingerprint density at radius 1 is 1.42 bits per heavy atom. The van der Waals surface area contributed by atoms with Crippen LogP contribution >= 0.6 is 11.3 Å². The summed E-state index contributed by atoms with van der Waals surface area (Å²) in [7, 11) is -3.63. The van der Waals surface area contributed by atoms with Gasteiger partial charge in [-0.1, -0.05) is 23.5 Å². The highest BCUT2D eigenvalue weighted by Crippen LogP contribution is 2.18. The first kappa shape index (κ1) is 13.9. The Morgan fingerprint density at radius 2 is 2.26 bits per heavy atom. The molecule has 6 nitrogen and oxygen atoms in total. The SMILES string of the molecule is CCOCc1cccc(S(=O)(=O)Nc2nncs2)c1. The molecule has 1 aromatic carbocycles. The van der Waals surface area contributed by atoms with Crippen LogP contribution in [-0.2, 0) is 21.4 Å². The Morgan fingerprint density at radius 3 is 2.95 bits per heavy atom. The summed E-state index contributed by atoms with van der Waals surface area (Å²) in [4.78, 5) is 0.180. The molecule has 0 saturated carbocycles. The number of benzene rings is 1. The second-order valence-electron chi connectivity index (χ2n) is 3.63. The minimum atomic E-state index is -3.63. The molecule has 1 N–H and O–H groups in total. The molecular weight excluding hydrogens is 286 g/mol. The topological polar surface area (TPSA) is 81.2 Å². The zero-order valence-corrected chi connectivity index (χ0v) is 11.9. The maximum absolute atomic E-state index is 12.1. The summed E-state index contributed by atoms with van der Waals surface area (Å²) in [6, 6.07) is 6.61. The van der Waals surface area contributed by atoms with Gasteiger partial charge in [0.1, 0.15) is 5.51 Å². The van der Waals surface area contributed by atoms with E-state index >= 15 is 0 Å². The van der Waals surface area contributed by atoms with Crippen LogP contribution in [0.15, 0.2) is 34.7 Å². The lowest BCUT2D eigenvalue weighted by molar-refractivity contribution is 0.134. The normalized spacial score (nSPS) is 11.4. The van der Waals surface area contributed by atoms with Crippen LogP contribution in [0.2, 0.25) is 0 Å². The molecule has 1 heterocycles. The summed E-state index contributed by atoms with van der Waals surface area (Å²) in [6.45, 7) is 2.86. The third-order valence-corrected chi connectivity index (χ3v) is 4.34. The molecule has 0 radical (unpaired) electrons. The molecule has 0 fully saturated rings. The number of rotatable bonds is 6. The van der Waals surface area contributed by atoms with Gasteiger partial charge in [0.2, 0.25) is 5.13 Å². The highest BCUT2D eigenvalue weighted by atomic mass is 32.2. The molecule has 102 valence electrons. The molecule has 0 aliphatic carbocycles. The van der Waals surface area contributed by atoms with E-state index in [1.807, 2.05) is 13.0 Å². The Bertz CT molecular complexity index is 626. The van der Waals surface area contributed by atoms with E-state index in [-0.39, 0.29) is 10.0 Å². The highest BCUT2D eigenvalue weighted by molar-refractivity contribution is 7.93. The van der Waals surface area contributed by atoms with Crippen LogP contribution in [0.5, 0.6) is 0 Å². The van der Waals surface area contributed by atoms with Crippen LogP contribution in [0.4, 0.5) is 5.13 Å². The average Bonchev–Trinajstić information content (AvgIpc) is 2.89. The predicted molar refractivity (Wildman–Crippen MR) is 72.5 cm³/mol. The zero-order valence-electron chi connectivity index (χ0n) is 10.2. The van der Waals surface area contributed by atoms with E-state index < -0.39 is 10.0 Å². The molecule has 0 spiro atoms. The van der Waals surface area contributed by atoms with Crippen LogP contribution in [0, 0.1) is 0 Å². The van der Waals surface area contributed by atoms with E-state index in [1.165, 1.54) is 11.6 Å². The molecule has 0 amide bonds. The first-order valence-corrected chi connectivity index (χ1v) is 7.94.